The van der Waals surface area contributed by atoms with Crippen LogP contribution in [0.15, 0.2) is 61.1 Å². The van der Waals surface area contributed by atoms with E-state index in [1.807, 2.05) is 42.7 Å². The molecule has 0 aliphatic heterocycles. The molecule has 0 unspecified atom stereocenters. The summed E-state index contributed by atoms with van der Waals surface area (Å²) in [5.41, 5.74) is 2.14. The maximum atomic E-state index is 5.26. The van der Waals surface area contributed by atoms with Gasteiger partial charge in [-0.3, -0.25) is 4.98 Å². The van der Waals surface area contributed by atoms with E-state index in [1.54, 1.807) is 13.3 Å². The van der Waals surface area contributed by atoms with Crippen molar-refractivity contribution in [1.82, 2.24) is 14.5 Å². The molecule has 0 saturated heterocycles. The lowest BCUT2D eigenvalue weighted by Crippen LogP contribution is -2.03. The molecule has 0 saturated carbocycles. The summed E-state index contributed by atoms with van der Waals surface area (Å²) in [6.45, 7) is 0.860. The highest BCUT2D eigenvalue weighted by Crippen LogP contribution is 2.17. The number of aryl methyl sites for hydroxylation is 2. The molecule has 0 N–H and O–H groups in total. The fourth-order valence-corrected chi connectivity index (χ4v) is 2.30. The predicted molar refractivity (Wildman–Crippen MR) is 82.2 cm³/mol. The minimum Gasteiger partial charge on any atom is -0.497 e. The van der Waals surface area contributed by atoms with Crippen LogP contribution in [-0.2, 0) is 13.0 Å². The molecule has 0 radical (unpaired) electrons. The van der Waals surface area contributed by atoms with Gasteiger partial charge >= 0.3 is 0 Å². The summed E-state index contributed by atoms with van der Waals surface area (Å²) in [6, 6.07) is 14.0. The lowest BCUT2D eigenvalue weighted by Gasteiger charge is -2.08. The summed E-state index contributed by atoms with van der Waals surface area (Å²) in [7, 11) is 1.69. The van der Waals surface area contributed by atoms with Crippen molar-refractivity contribution < 1.29 is 4.74 Å². The third kappa shape index (κ3) is 3.11. The lowest BCUT2D eigenvalue weighted by molar-refractivity contribution is 0.414. The maximum Gasteiger partial charge on any atom is 0.158 e. The number of pyridine rings is 1. The highest BCUT2D eigenvalue weighted by molar-refractivity contribution is 5.49. The second-order valence-corrected chi connectivity index (χ2v) is 4.76. The molecular formula is C17H17N3O. The second-order valence-electron chi connectivity index (χ2n) is 4.76. The number of benzene rings is 1. The van der Waals surface area contributed by atoms with E-state index in [0.29, 0.717) is 0 Å². The fourth-order valence-electron chi connectivity index (χ4n) is 2.30. The van der Waals surface area contributed by atoms with E-state index in [-0.39, 0.29) is 0 Å². The van der Waals surface area contributed by atoms with Gasteiger partial charge in [0.2, 0.25) is 0 Å². The molecule has 2 aromatic heterocycles. The molecule has 0 fully saturated rings. The average Bonchev–Trinajstić information content (AvgIpc) is 3.02. The molecule has 21 heavy (non-hydrogen) atoms. The van der Waals surface area contributed by atoms with E-state index < -0.39 is 0 Å². The van der Waals surface area contributed by atoms with Gasteiger partial charge in [-0.25, -0.2) is 4.98 Å². The summed E-state index contributed by atoms with van der Waals surface area (Å²) in [4.78, 5) is 8.77. The monoisotopic (exact) mass is 279 g/mol. The number of nitrogens with zero attached hydrogens (tertiary/aromatic N) is 3. The van der Waals surface area contributed by atoms with E-state index in [1.165, 1.54) is 5.56 Å². The maximum absolute atomic E-state index is 5.26. The molecule has 0 aliphatic carbocycles. The van der Waals surface area contributed by atoms with Crippen LogP contribution in [0.3, 0.4) is 0 Å². The van der Waals surface area contributed by atoms with E-state index >= 15 is 0 Å². The van der Waals surface area contributed by atoms with Crippen molar-refractivity contribution >= 4 is 0 Å². The standard InChI is InChI=1S/C17H17N3O/c1-21-15-6-4-5-14(13-15)8-11-20-12-10-19-17(20)16-7-2-3-9-18-16/h2-7,9-10,12-13H,8,11H2,1H3. The van der Waals surface area contributed by atoms with Gasteiger partial charge in [0.25, 0.3) is 0 Å². The Bertz CT molecular complexity index is 707. The van der Waals surface area contributed by atoms with Gasteiger partial charge in [-0.2, -0.15) is 0 Å². The Morgan fingerprint density at radius 1 is 1.05 bits per heavy atom. The van der Waals surface area contributed by atoms with Crippen molar-refractivity contribution in [2.75, 3.05) is 7.11 Å². The summed E-state index contributed by atoms with van der Waals surface area (Å²) in [5.74, 6) is 1.79. The first kappa shape index (κ1) is 13.4. The third-order valence-electron chi connectivity index (χ3n) is 3.39. The van der Waals surface area contributed by atoms with Crippen molar-refractivity contribution in [3.63, 3.8) is 0 Å². The topological polar surface area (TPSA) is 39.9 Å². The van der Waals surface area contributed by atoms with Crippen molar-refractivity contribution in [3.8, 4) is 17.3 Å². The molecule has 106 valence electrons. The number of hydrogen-bond acceptors (Lipinski definition) is 3. The van der Waals surface area contributed by atoms with Crippen molar-refractivity contribution in [2.45, 2.75) is 13.0 Å². The van der Waals surface area contributed by atoms with E-state index in [9.17, 15) is 0 Å². The van der Waals surface area contributed by atoms with E-state index in [4.69, 9.17) is 4.74 Å². The molecule has 0 atom stereocenters. The van der Waals surface area contributed by atoms with Gasteiger partial charge in [0.05, 0.1) is 7.11 Å². The molecule has 4 nitrogen and oxygen atoms in total. The van der Waals surface area contributed by atoms with Crippen LogP contribution in [0.1, 0.15) is 5.56 Å². The van der Waals surface area contributed by atoms with Gasteiger partial charge in [-0.15, -0.1) is 0 Å². The zero-order valence-electron chi connectivity index (χ0n) is 11.9. The van der Waals surface area contributed by atoms with Crippen LogP contribution in [-0.4, -0.2) is 21.6 Å². The Balaban J connectivity index is 1.76. The molecule has 0 bridgehead atoms. The van der Waals surface area contributed by atoms with E-state index in [0.717, 1.165) is 30.2 Å². The first-order chi connectivity index (χ1) is 10.4. The van der Waals surface area contributed by atoms with Crippen LogP contribution in [0, 0.1) is 0 Å². The van der Waals surface area contributed by atoms with E-state index in [2.05, 4.69) is 26.7 Å². The van der Waals surface area contributed by atoms with Crippen LogP contribution in [0.25, 0.3) is 11.5 Å². The normalized spacial score (nSPS) is 10.5. The Hall–Kier alpha value is -2.62. The molecule has 0 amide bonds. The van der Waals surface area contributed by atoms with Gasteiger partial charge < -0.3 is 9.30 Å². The zero-order chi connectivity index (χ0) is 14.5. The SMILES string of the molecule is COc1cccc(CCn2ccnc2-c2ccccn2)c1. The van der Waals surface area contributed by atoms with Gasteiger partial charge in [-0.1, -0.05) is 18.2 Å². The quantitative estimate of drug-likeness (QED) is 0.720. The van der Waals surface area contributed by atoms with Crippen LogP contribution in [0.5, 0.6) is 5.75 Å². The second kappa shape index (κ2) is 6.22. The summed E-state index contributed by atoms with van der Waals surface area (Å²) in [6.07, 6.45) is 6.52. The third-order valence-corrected chi connectivity index (χ3v) is 3.39. The van der Waals surface area contributed by atoms with Crippen LogP contribution in [0.4, 0.5) is 0 Å². The highest BCUT2D eigenvalue weighted by Gasteiger charge is 2.06. The number of methoxy groups -OCH3 is 1. The summed E-state index contributed by atoms with van der Waals surface area (Å²) >= 11 is 0. The first-order valence-corrected chi connectivity index (χ1v) is 6.92. The molecule has 2 heterocycles. The van der Waals surface area contributed by atoms with Crippen LogP contribution in [0.2, 0.25) is 0 Å². The fraction of sp³-hybridized carbons (Fsp3) is 0.176. The molecule has 0 aliphatic rings. The largest absolute Gasteiger partial charge is 0.497 e. The first-order valence-electron chi connectivity index (χ1n) is 6.92. The number of hydrogen-bond donors (Lipinski definition) is 0. The minimum absolute atomic E-state index is 0.860. The van der Waals surface area contributed by atoms with Crippen molar-refractivity contribution in [2.24, 2.45) is 0 Å². The average molecular weight is 279 g/mol. The van der Waals surface area contributed by atoms with Gasteiger partial charge in [0.15, 0.2) is 5.82 Å². The molecule has 0 spiro atoms. The summed E-state index contributed by atoms with van der Waals surface area (Å²) < 4.78 is 7.38. The van der Waals surface area contributed by atoms with Crippen LogP contribution < -0.4 is 4.74 Å². The summed E-state index contributed by atoms with van der Waals surface area (Å²) in [5, 5.41) is 0. The molecular weight excluding hydrogens is 262 g/mol. The Morgan fingerprint density at radius 3 is 2.81 bits per heavy atom. The lowest BCUT2D eigenvalue weighted by atomic mass is 10.1. The zero-order valence-corrected chi connectivity index (χ0v) is 11.9. The van der Waals surface area contributed by atoms with Crippen molar-refractivity contribution in [1.29, 1.82) is 0 Å². The Kier molecular flexibility index (Phi) is 3.96. The highest BCUT2D eigenvalue weighted by atomic mass is 16.5. The number of ether oxygens (including phenoxy) is 1. The van der Waals surface area contributed by atoms with Gasteiger partial charge in [0.1, 0.15) is 11.4 Å². The Labute approximate surface area is 124 Å². The minimum atomic E-state index is 0.860. The molecule has 3 rings (SSSR count). The number of aromatic nitrogens is 3. The molecule has 4 heteroatoms. The predicted octanol–water partition coefficient (Wildman–Crippen LogP) is 3.20. The molecule has 3 aromatic rings. The smallest absolute Gasteiger partial charge is 0.158 e. The van der Waals surface area contributed by atoms with Gasteiger partial charge in [-0.05, 0) is 36.2 Å². The molecule has 1 aromatic carbocycles. The van der Waals surface area contributed by atoms with Crippen LogP contribution >= 0.6 is 0 Å². The van der Waals surface area contributed by atoms with Gasteiger partial charge in [0, 0.05) is 25.1 Å². The number of imidazole rings is 1. The Morgan fingerprint density at radius 2 is 2.00 bits per heavy atom. The van der Waals surface area contributed by atoms with Crippen molar-refractivity contribution in [3.05, 3.63) is 66.6 Å². The number of rotatable bonds is 5.